The van der Waals surface area contributed by atoms with Crippen LogP contribution in [0.2, 0.25) is 5.02 Å². The maximum absolute atomic E-state index is 5.95. The summed E-state index contributed by atoms with van der Waals surface area (Å²) in [6, 6.07) is 5.70. The molecular weight excluding hydrogens is 261 g/mol. The molecule has 0 aliphatic carbocycles. The van der Waals surface area contributed by atoms with Crippen molar-refractivity contribution in [3.05, 3.63) is 27.7 Å². The molecular formula is C11H11BrClN. The van der Waals surface area contributed by atoms with Crippen LogP contribution < -0.4 is 5.32 Å². The summed E-state index contributed by atoms with van der Waals surface area (Å²) in [5.74, 6) is 2.67. The van der Waals surface area contributed by atoms with E-state index in [4.69, 9.17) is 18.0 Å². The van der Waals surface area contributed by atoms with E-state index in [2.05, 4.69) is 27.2 Å². The SMILES string of the molecule is C#CC(CC)Nc1cccc(Cl)c1Br. The number of terminal acetylenes is 1. The molecule has 0 aromatic heterocycles. The second-order valence-electron chi connectivity index (χ2n) is 2.87. The van der Waals surface area contributed by atoms with E-state index >= 15 is 0 Å². The lowest BCUT2D eigenvalue weighted by Gasteiger charge is -2.14. The Morgan fingerprint density at radius 2 is 2.36 bits per heavy atom. The molecule has 0 amide bonds. The maximum Gasteiger partial charge on any atom is 0.0871 e. The van der Waals surface area contributed by atoms with Gasteiger partial charge in [0.15, 0.2) is 0 Å². The second kappa shape index (κ2) is 5.29. The average molecular weight is 273 g/mol. The van der Waals surface area contributed by atoms with Gasteiger partial charge in [-0.1, -0.05) is 30.5 Å². The number of anilines is 1. The van der Waals surface area contributed by atoms with Crippen molar-refractivity contribution in [2.75, 3.05) is 5.32 Å². The standard InChI is InChI=1S/C11H11BrClN/c1-3-8(4-2)14-10-7-5-6-9(13)11(10)12/h1,5-8,14H,4H2,2H3. The van der Waals surface area contributed by atoms with Crippen LogP contribution in [0.5, 0.6) is 0 Å². The van der Waals surface area contributed by atoms with Crippen molar-refractivity contribution in [1.82, 2.24) is 0 Å². The third-order valence-corrected chi connectivity index (χ3v) is 3.29. The van der Waals surface area contributed by atoms with Gasteiger partial charge in [-0.3, -0.25) is 0 Å². The zero-order valence-corrected chi connectivity index (χ0v) is 10.2. The number of rotatable bonds is 3. The topological polar surface area (TPSA) is 12.0 Å². The molecule has 1 aromatic rings. The fourth-order valence-electron chi connectivity index (χ4n) is 1.06. The molecule has 14 heavy (non-hydrogen) atoms. The van der Waals surface area contributed by atoms with Crippen molar-refractivity contribution < 1.29 is 0 Å². The van der Waals surface area contributed by atoms with Crippen molar-refractivity contribution in [2.45, 2.75) is 19.4 Å². The van der Waals surface area contributed by atoms with Crippen LogP contribution in [0, 0.1) is 12.3 Å². The smallest absolute Gasteiger partial charge is 0.0871 e. The molecule has 0 saturated carbocycles. The van der Waals surface area contributed by atoms with Crippen LogP contribution in [0.15, 0.2) is 22.7 Å². The van der Waals surface area contributed by atoms with Crippen molar-refractivity contribution in [3.63, 3.8) is 0 Å². The predicted octanol–water partition coefficient (Wildman–Crippen LogP) is 3.93. The van der Waals surface area contributed by atoms with E-state index in [1.54, 1.807) is 0 Å². The van der Waals surface area contributed by atoms with Crippen LogP contribution in [-0.4, -0.2) is 6.04 Å². The molecule has 0 heterocycles. The van der Waals surface area contributed by atoms with Gasteiger partial charge < -0.3 is 5.32 Å². The number of hydrogen-bond acceptors (Lipinski definition) is 1. The molecule has 1 atom stereocenters. The molecule has 1 N–H and O–H groups in total. The highest BCUT2D eigenvalue weighted by molar-refractivity contribution is 9.10. The highest BCUT2D eigenvalue weighted by Crippen LogP contribution is 2.30. The summed E-state index contributed by atoms with van der Waals surface area (Å²) in [5, 5.41) is 3.90. The molecule has 1 aromatic carbocycles. The zero-order chi connectivity index (χ0) is 10.6. The Morgan fingerprint density at radius 1 is 1.64 bits per heavy atom. The number of halogens is 2. The summed E-state index contributed by atoms with van der Waals surface area (Å²) in [6.45, 7) is 2.04. The average Bonchev–Trinajstić information content (AvgIpc) is 2.20. The predicted molar refractivity (Wildman–Crippen MR) is 65.7 cm³/mol. The number of nitrogens with one attached hydrogen (secondary N) is 1. The molecule has 3 heteroatoms. The maximum atomic E-state index is 5.95. The van der Waals surface area contributed by atoms with Crippen molar-refractivity contribution >= 4 is 33.2 Å². The van der Waals surface area contributed by atoms with Gasteiger partial charge in [-0.15, -0.1) is 6.42 Å². The van der Waals surface area contributed by atoms with Crippen molar-refractivity contribution in [1.29, 1.82) is 0 Å². The number of hydrogen-bond donors (Lipinski definition) is 1. The lowest BCUT2D eigenvalue weighted by molar-refractivity contribution is 0.857. The van der Waals surface area contributed by atoms with Crippen LogP contribution in [0.3, 0.4) is 0 Å². The Hall–Kier alpha value is -0.650. The molecule has 0 aliphatic heterocycles. The second-order valence-corrected chi connectivity index (χ2v) is 4.07. The van der Waals surface area contributed by atoms with Crippen LogP contribution in [-0.2, 0) is 0 Å². The Labute approximate surface area is 98.0 Å². The molecule has 1 rings (SSSR count). The minimum atomic E-state index is 0.0461. The Balaban J connectivity index is 2.87. The van der Waals surface area contributed by atoms with Gasteiger partial charge in [-0.2, -0.15) is 0 Å². The van der Waals surface area contributed by atoms with Crippen LogP contribution >= 0.6 is 27.5 Å². The third-order valence-electron chi connectivity index (χ3n) is 1.89. The number of benzene rings is 1. The van der Waals surface area contributed by atoms with E-state index in [0.29, 0.717) is 5.02 Å². The van der Waals surface area contributed by atoms with Gasteiger partial charge in [0.1, 0.15) is 0 Å². The monoisotopic (exact) mass is 271 g/mol. The molecule has 0 fully saturated rings. The summed E-state index contributed by atoms with van der Waals surface area (Å²) < 4.78 is 0.857. The normalized spacial score (nSPS) is 11.9. The fraction of sp³-hybridized carbons (Fsp3) is 0.273. The lowest BCUT2D eigenvalue weighted by atomic mass is 10.2. The van der Waals surface area contributed by atoms with Gasteiger partial charge >= 0.3 is 0 Å². The van der Waals surface area contributed by atoms with E-state index in [1.807, 2.05) is 25.1 Å². The van der Waals surface area contributed by atoms with Gasteiger partial charge in [0.2, 0.25) is 0 Å². The zero-order valence-electron chi connectivity index (χ0n) is 7.85. The largest absolute Gasteiger partial charge is 0.371 e. The summed E-state index contributed by atoms with van der Waals surface area (Å²) >= 11 is 9.35. The summed E-state index contributed by atoms with van der Waals surface area (Å²) in [5.41, 5.74) is 0.933. The highest BCUT2D eigenvalue weighted by Gasteiger charge is 2.06. The quantitative estimate of drug-likeness (QED) is 0.822. The van der Waals surface area contributed by atoms with E-state index in [-0.39, 0.29) is 6.04 Å². The van der Waals surface area contributed by atoms with Crippen LogP contribution in [0.1, 0.15) is 13.3 Å². The van der Waals surface area contributed by atoms with Crippen molar-refractivity contribution in [2.24, 2.45) is 0 Å². The van der Waals surface area contributed by atoms with Gasteiger partial charge in [0, 0.05) is 0 Å². The van der Waals surface area contributed by atoms with Crippen LogP contribution in [0.25, 0.3) is 0 Å². The van der Waals surface area contributed by atoms with Gasteiger partial charge in [0.05, 0.1) is 21.2 Å². The molecule has 0 spiro atoms. The fourth-order valence-corrected chi connectivity index (χ4v) is 1.62. The highest BCUT2D eigenvalue weighted by atomic mass is 79.9. The first-order chi connectivity index (χ1) is 6.69. The van der Waals surface area contributed by atoms with Crippen molar-refractivity contribution in [3.8, 4) is 12.3 Å². The minimum Gasteiger partial charge on any atom is -0.371 e. The molecule has 1 nitrogen and oxygen atoms in total. The minimum absolute atomic E-state index is 0.0461. The molecule has 0 bridgehead atoms. The first kappa shape index (κ1) is 11.4. The summed E-state index contributed by atoms with van der Waals surface area (Å²) in [4.78, 5) is 0. The third kappa shape index (κ3) is 2.67. The molecule has 0 radical (unpaired) electrons. The molecule has 0 aliphatic rings. The van der Waals surface area contributed by atoms with Gasteiger partial charge in [-0.05, 0) is 34.5 Å². The first-order valence-corrected chi connectivity index (χ1v) is 5.52. The Morgan fingerprint density at radius 3 is 2.93 bits per heavy atom. The molecule has 1 unspecified atom stereocenters. The Kier molecular flexibility index (Phi) is 4.31. The summed E-state index contributed by atoms with van der Waals surface area (Å²) in [7, 11) is 0. The van der Waals surface area contributed by atoms with E-state index in [1.165, 1.54) is 0 Å². The van der Waals surface area contributed by atoms with E-state index < -0.39 is 0 Å². The first-order valence-electron chi connectivity index (χ1n) is 4.35. The Bertz CT molecular complexity index is 357. The van der Waals surface area contributed by atoms with E-state index in [9.17, 15) is 0 Å². The van der Waals surface area contributed by atoms with Crippen LogP contribution in [0.4, 0.5) is 5.69 Å². The molecule has 0 saturated heterocycles. The molecule has 74 valence electrons. The lowest BCUT2D eigenvalue weighted by Crippen LogP contribution is -2.15. The van der Waals surface area contributed by atoms with Gasteiger partial charge in [0.25, 0.3) is 0 Å². The van der Waals surface area contributed by atoms with E-state index in [0.717, 1.165) is 16.6 Å². The summed E-state index contributed by atoms with van der Waals surface area (Å²) in [6.07, 6.45) is 6.24. The van der Waals surface area contributed by atoms with Gasteiger partial charge in [-0.25, -0.2) is 0 Å².